The minimum absolute atomic E-state index is 0. The first-order valence-corrected chi connectivity index (χ1v) is 11.1. The Hall–Kier alpha value is -2.14. The highest BCUT2D eigenvalue weighted by Crippen LogP contribution is 2.12. The van der Waals surface area contributed by atoms with Crippen molar-refractivity contribution in [1.82, 2.24) is 25.0 Å². The van der Waals surface area contributed by atoms with E-state index in [1.165, 1.54) is 11.1 Å². The van der Waals surface area contributed by atoms with Gasteiger partial charge in [0.05, 0.1) is 7.11 Å². The van der Waals surface area contributed by atoms with Crippen molar-refractivity contribution in [1.29, 1.82) is 0 Å². The summed E-state index contributed by atoms with van der Waals surface area (Å²) < 4.78 is 7.31. The van der Waals surface area contributed by atoms with E-state index in [1.807, 2.05) is 12.1 Å². The second kappa shape index (κ2) is 13.3. The zero-order valence-corrected chi connectivity index (χ0v) is 21.5. The maximum atomic E-state index is 5.23. The molecule has 9 heteroatoms. The maximum Gasteiger partial charge on any atom is 0.194 e. The molecule has 1 N–H and O–H groups in total. The standard InChI is InChI=1S/C22H30N6OS.HI/c1-4-21-26-25-17-28(21)13-12-24-22(27(2)15-19-10-14-30-16-19)23-11-9-18-5-7-20(29-3)8-6-18;/h5-8,10,14,16-17H,4,9,11-13,15H2,1-3H3,(H,23,24);1H. The largest absolute Gasteiger partial charge is 0.497 e. The predicted molar refractivity (Wildman–Crippen MR) is 138 cm³/mol. The molecule has 0 aliphatic rings. The number of nitrogens with zero attached hydrogens (tertiary/aromatic N) is 5. The Balaban J connectivity index is 0.00000341. The Labute approximate surface area is 205 Å². The molecule has 0 amide bonds. The summed E-state index contributed by atoms with van der Waals surface area (Å²) in [4.78, 5) is 7.04. The lowest BCUT2D eigenvalue weighted by molar-refractivity contribution is 0.414. The molecular weight excluding hydrogens is 523 g/mol. The van der Waals surface area contributed by atoms with Gasteiger partial charge in [-0.15, -0.1) is 34.2 Å². The quantitative estimate of drug-likeness (QED) is 0.234. The zero-order valence-electron chi connectivity index (χ0n) is 18.3. The number of aryl methyl sites for hydroxylation is 1. The highest BCUT2D eigenvalue weighted by molar-refractivity contribution is 14.0. The van der Waals surface area contributed by atoms with Crippen LogP contribution >= 0.6 is 35.3 Å². The molecule has 168 valence electrons. The monoisotopic (exact) mass is 554 g/mol. The summed E-state index contributed by atoms with van der Waals surface area (Å²) in [5.74, 6) is 2.78. The van der Waals surface area contributed by atoms with E-state index < -0.39 is 0 Å². The molecule has 0 unspecified atom stereocenters. The van der Waals surface area contributed by atoms with Crippen LogP contribution in [0.4, 0.5) is 0 Å². The van der Waals surface area contributed by atoms with Crippen molar-refractivity contribution in [2.24, 2.45) is 4.99 Å². The van der Waals surface area contributed by atoms with E-state index in [1.54, 1.807) is 24.8 Å². The van der Waals surface area contributed by atoms with Gasteiger partial charge >= 0.3 is 0 Å². The van der Waals surface area contributed by atoms with E-state index in [0.29, 0.717) is 0 Å². The van der Waals surface area contributed by atoms with Crippen molar-refractivity contribution in [3.8, 4) is 5.75 Å². The van der Waals surface area contributed by atoms with Gasteiger partial charge in [-0.1, -0.05) is 19.1 Å². The van der Waals surface area contributed by atoms with Gasteiger partial charge in [0, 0.05) is 39.6 Å². The first-order valence-electron chi connectivity index (χ1n) is 10.2. The second-order valence-electron chi connectivity index (χ2n) is 7.01. The van der Waals surface area contributed by atoms with Gasteiger partial charge in [0.25, 0.3) is 0 Å². The minimum atomic E-state index is 0. The molecule has 3 rings (SSSR count). The van der Waals surface area contributed by atoms with Gasteiger partial charge < -0.3 is 19.5 Å². The number of guanidine groups is 1. The Morgan fingerprint density at radius 3 is 2.71 bits per heavy atom. The van der Waals surface area contributed by atoms with E-state index in [0.717, 1.165) is 56.6 Å². The van der Waals surface area contributed by atoms with Gasteiger partial charge in [-0.25, -0.2) is 0 Å². The molecule has 0 aliphatic heterocycles. The SMILES string of the molecule is CCc1nncn1CCNC(=NCCc1ccc(OC)cc1)N(C)Cc1ccsc1.I. The highest BCUT2D eigenvalue weighted by Gasteiger charge is 2.09. The van der Waals surface area contributed by atoms with Crippen molar-refractivity contribution in [2.75, 3.05) is 27.2 Å². The van der Waals surface area contributed by atoms with Gasteiger partial charge in [-0.3, -0.25) is 4.99 Å². The van der Waals surface area contributed by atoms with Gasteiger partial charge in [-0.2, -0.15) is 11.3 Å². The van der Waals surface area contributed by atoms with E-state index in [4.69, 9.17) is 9.73 Å². The number of hydrogen-bond acceptors (Lipinski definition) is 5. The summed E-state index contributed by atoms with van der Waals surface area (Å²) >= 11 is 1.72. The maximum absolute atomic E-state index is 5.23. The summed E-state index contributed by atoms with van der Waals surface area (Å²) in [5.41, 5.74) is 2.54. The third kappa shape index (κ3) is 7.80. The molecular formula is C22H31IN6OS. The molecule has 0 spiro atoms. The van der Waals surface area contributed by atoms with Crippen molar-refractivity contribution >= 4 is 41.3 Å². The molecule has 0 saturated carbocycles. The van der Waals surface area contributed by atoms with Gasteiger partial charge in [0.2, 0.25) is 0 Å². The molecule has 0 fully saturated rings. The number of thiophene rings is 1. The highest BCUT2D eigenvalue weighted by atomic mass is 127. The van der Waals surface area contributed by atoms with Crippen molar-refractivity contribution in [2.45, 2.75) is 32.9 Å². The third-order valence-electron chi connectivity index (χ3n) is 4.83. The van der Waals surface area contributed by atoms with E-state index in [9.17, 15) is 0 Å². The van der Waals surface area contributed by atoms with Gasteiger partial charge in [-0.05, 0) is 46.5 Å². The van der Waals surface area contributed by atoms with Crippen molar-refractivity contribution in [3.63, 3.8) is 0 Å². The third-order valence-corrected chi connectivity index (χ3v) is 5.56. The molecule has 0 radical (unpaired) electrons. The van der Waals surface area contributed by atoms with E-state index in [-0.39, 0.29) is 24.0 Å². The molecule has 3 aromatic rings. The van der Waals surface area contributed by atoms with Crippen LogP contribution in [0.25, 0.3) is 0 Å². The number of aliphatic imine (C=N–C) groups is 1. The molecule has 2 aromatic heterocycles. The average Bonchev–Trinajstić information content (AvgIpc) is 3.44. The summed E-state index contributed by atoms with van der Waals surface area (Å²) in [6, 6.07) is 10.3. The fourth-order valence-electron chi connectivity index (χ4n) is 3.15. The van der Waals surface area contributed by atoms with Crippen molar-refractivity contribution in [3.05, 3.63) is 64.4 Å². The first-order chi connectivity index (χ1) is 14.7. The normalized spacial score (nSPS) is 11.1. The number of methoxy groups -OCH3 is 1. The van der Waals surface area contributed by atoms with Crippen LogP contribution in [-0.2, 0) is 25.9 Å². The number of benzene rings is 1. The van der Waals surface area contributed by atoms with Gasteiger partial charge in [0.15, 0.2) is 5.96 Å². The second-order valence-corrected chi connectivity index (χ2v) is 7.79. The number of nitrogens with one attached hydrogen (secondary N) is 1. The van der Waals surface area contributed by atoms with Crippen LogP contribution in [0.1, 0.15) is 23.9 Å². The molecule has 1 aromatic carbocycles. The fourth-order valence-corrected chi connectivity index (χ4v) is 3.81. The lowest BCUT2D eigenvalue weighted by Crippen LogP contribution is -2.40. The Kier molecular flexibility index (Phi) is 10.8. The van der Waals surface area contributed by atoms with Crippen LogP contribution in [-0.4, -0.2) is 52.9 Å². The fraction of sp³-hybridized carbons (Fsp3) is 0.409. The molecule has 2 heterocycles. The smallest absolute Gasteiger partial charge is 0.194 e. The molecule has 7 nitrogen and oxygen atoms in total. The summed E-state index contributed by atoms with van der Waals surface area (Å²) in [6.45, 7) is 5.20. The summed E-state index contributed by atoms with van der Waals surface area (Å²) in [7, 11) is 3.76. The summed E-state index contributed by atoms with van der Waals surface area (Å²) in [5, 5.41) is 16.0. The molecule has 0 bridgehead atoms. The summed E-state index contributed by atoms with van der Waals surface area (Å²) in [6.07, 6.45) is 3.55. The average molecular weight is 555 g/mol. The Bertz CT molecular complexity index is 910. The Morgan fingerprint density at radius 1 is 1.23 bits per heavy atom. The number of rotatable bonds is 10. The van der Waals surface area contributed by atoms with Gasteiger partial charge in [0.1, 0.15) is 17.9 Å². The first kappa shape index (κ1) is 25.1. The van der Waals surface area contributed by atoms with Crippen LogP contribution < -0.4 is 10.1 Å². The molecule has 31 heavy (non-hydrogen) atoms. The van der Waals surface area contributed by atoms with Crippen LogP contribution in [0.15, 0.2) is 52.4 Å². The number of aromatic nitrogens is 3. The Morgan fingerprint density at radius 2 is 2.03 bits per heavy atom. The lowest BCUT2D eigenvalue weighted by Gasteiger charge is -2.22. The zero-order chi connectivity index (χ0) is 21.2. The molecule has 0 saturated heterocycles. The molecule has 0 atom stereocenters. The minimum Gasteiger partial charge on any atom is -0.497 e. The van der Waals surface area contributed by atoms with Crippen LogP contribution in [0, 0.1) is 0 Å². The number of halogens is 1. The van der Waals surface area contributed by atoms with Crippen LogP contribution in [0.5, 0.6) is 5.75 Å². The van der Waals surface area contributed by atoms with Crippen molar-refractivity contribution < 1.29 is 4.74 Å². The topological polar surface area (TPSA) is 67.6 Å². The van der Waals surface area contributed by atoms with Crippen LogP contribution in [0.2, 0.25) is 0 Å². The number of hydrogen-bond donors (Lipinski definition) is 1. The predicted octanol–water partition coefficient (Wildman–Crippen LogP) is 3.85. The van der Waals surface area contributed by atoms with E-state index >= 15 is 0 Å². The molecule has 0 aliphatic carbocycles. The number of ether oxygens (including phenoxy) is 1. The van der Waals surface area contributed by atoms with E-state index in [2.05, 4.69) is 67.9 Å². The lowest BCUT2D eigenvalue weighted by atomic mass is 10.1. The van der Waals surface area contributed by atoms with Crippen LogP contribution in [0.3, 0.4) is 0 Å².